The minimum Gasteiger partial charge on any atom is -0.494 e. The average Bonchev–Trinajstić information content (AvgIpc) is 2.72. The third-order valence-corrected chi connectivity index (χ3v) is 4.72. The number of aromatic nitrogens is 1. The van der Waals surface area contributed by atoms with Crippen molar-refractivity contribution in [2.75, 3.05) is 6.61 Å². The summed E-state index contributed by atoms with van der Waals surface area (Å²) in [6.45, 7) is 7.79. The third-order valence-electron chi connectivity index (χ3n) is 4.72. The molecule has 0 saturated carbocycles. The average molecular weight is 394 g/mol. The van der Waals surface area contributed by atoms with Gasteiger partial charge < -0.3 is 9.84 Å². The highest BCUT2D eigenvalue weighted by Gasteiger charge is 2.24. The lowest BCUT2D eigenvalue weighted by molar-refractivity contribution is 0.103. The van der Waals surface area contributed by atoms with E-state index in [1.54, 1.807) is 24.3 Å². The maximum atomic E-state index is 13.0. The van der Waals surface area contributed by atoms with E-state index in [1.165, 1.54) is 19.4 Å². The fourth-order valence-electron chi connectivity index (χ4n) is 3.09. The first-order chi connectivity index (χ1) is 14.0. The Hall–Kier alpha value is -3.33. The first kappa shape index (κ1) is 22.0. The number of unbranched alkanes of at least 4 members (excludes halogenated alkanes) is 3. The second-order valence-corrected chi connectivity index (χ2v) is 6.78. The minimum absolute atomic E-state index is 0.00921. The number of ether oxygens (including phenoxy) is 1. The summed E-state index contributed by atoms with van der Waals surface area (Å²) in [4.78, 5) is 25.4. The Morgan fingerprint density at radius 2 is 1.97 bits per heavy atom. The highest BCUT2D eigenvalue weighted by Crippen LogP contribution is 2.26. The molecule has 0 unspecified atom stereocenters. The molecule has 0 atom stereocenters. The number of benzene rings is 1. The van der Waals surface area contributed by atoms with Gasteiger partial charge in [-0.05, 0) is 43.2 Å². The summed E-state index contributed by atoms with van der Waals surface area (Å²) in [5.41, 5.74) is -0.381. The number of nitriles is 1. The number of carbonyl (C=O) groups is 1. The molecule has 0 amide bonds. The van der Waals surface area contributed by atoms with E-state index in [4.69, 9.17) is 4.74 Å². The molecule has 6 nitrogen and oxygen atoms in total. The van der Waals surface area contributed by atoms with Crippen LogP contribution in [0.1, 0.15) is 59.7 Å². The van der Waals surface area contributed by atoms with Gasteiger partial charge in [0.05, 0.1) is 12.2 Å². The molecule has 29 heavy (non-hydrogen) atoms. The second kappa shape index (κ2) is 10.3. The van der Waals surface area contributed by atoms with Crippen molar-refractivity contribution in [3.05, 3.63) is 69.5 Å². The predicted molar refractivity (Wildman–Crippen MR) is 112 cm³/mol. The van der Waals surface area contributed by atoms with Crippen molar-refractivity contribution < 1.29 is 14.6 Å². The van der Waals surface area contributed by atoms with Crippen LogP contribution in [0.3, 0.4) is 0 Å². The van der Waals surface area contributed by atoms with Crippen molar-refractivity contribution in [1.82, 2.24) is 4.57 Å². The van der Waals surface area contributed by atoms with E-state index < -0.39 is 17.2 Å². The SMILES string of the molecule is C=CCn1c(O)c(C(=O)c2ccc(OCCCCCC)cc2)c(C)c(C#N)c1=O. The first-order valence-electron chi connectivity index (χ1n) is 9.71. The minimum atomic E-state index is -0.647. The van der Waals surface area contributed by atoms with Crippen LogP contribution in [0.2, 0.25) is 0 Å². The number of carbonyl (C=O) groups excluding carboxylic acids is 1. The highest BCUT2D eigenvalue weighted by atomic mass is 16.5. The molecule has 0 fully saturated rings. The molecule has 0 bridgehead atoms. The molecule has 6 heteroatoms. The van der Waals surface area contributed by atoms with Crippen molar-refractivity contribution in [3.8, 4) is 17.7 Å². The summed E-state index contributed by atoms with van der Waals surface area (Å²) in [5.74, 6) is -0.273. The van der Waals surface area contributed by atoms with Gasteiger partial charge in [-0.3, -0.25) is 14.2 Å². The molecule has 1 heterocycles. The van der Waals surface area contributed by atoms with Crippen LogP contribution < -0.4 is 10.3 Å². The van der Waals surface area contributed by atoms with Crippen LogP contribution in [-0.4, -0.2) is 22.1 Å². The standard InChI is InChI=1S/C23H26N2O4/c1-4-6-7-8-14-29-18-11-9-17(10-12-18)21(26)20-16(3)19(15-24)22(27)25(13-5-2)23(20)28/h5,9-12,28H,2,4,6-8,13-14H2,1,3H3. The van der Waals surface area contributed by atoms with Crippen molar-refractivity contribution in [1.29, 1.82) is 5.26 Å². The van der Waals surface area contributed by atoms with Crippen LogP contribution in [0.25, 0.3) is 0 Å². The molecular formula is C23H26N2O4. The fraction of sp³-hybridized carbons (Fsp3) is 0.348. The van der Waals surface area contributed by atoms with Crippen molar-refractivity contribution in [2.24, 2.45) is 0 Å². The zero-order valence-corrected chi connectivity index (χ0v) is 16.9. The topological polar surface area (TPSA) is 92.3 Å². The Bertz CT molecular complexity index is 982. The van der Waals surface area contributed by atoms with Crippen LogP contribution in [-0.2, 0) is 6.54 Å². The van der Waals surface area contributed by atoms with Gasteiger partial charge in [0.2, 0.25) is 5.88 Å². The zero-order chi connectivity index (χ0) is 21.4. The smallest absolute Gasteiger partial charge is 0.271 e. The molecule has 1 N–H and O–H groups in total. The van der Waals surface area contributed by atoms with E-state index >= 15 is 0 Å². The number of aromatic hydroxyl groups is 1. The quantitative estimate of drug-likeness (QED) is 0.372. The Kier molecular flexibility index (Phi) is 7.79. The van der Waals surface area contributed by atoms with Gasteiger partial charge in [0.1, 0.15) is 17.4 Å². The van der Waals surface area contributed by atoms with Gasteiger partial charge in [0.15, 0.2) is 5.78 Å². The van der Waals surface area contributed by atoms with Crippen molar-refractivity contribution in [2.45, 2.75) is 46.1 Å². The lowest BCUT2D eigenvalue weighted by atomic mass is 9.97. The highest BCUT2D eigenvalue weighted by molar-refractivity contribution is 6.11. The van der Waals surface area contributed by atoms with Gasteiger partial charge in [-0.15, -0.1) is 6.58 Å². The van der Waals surface area contributed by atoms with Crippen molar-refractivity contribution >= 4 is 5.78 Å². The Labute approximate surface area is 170 Å². The number of allylic oxidation sites excluding steroid dienone is 1. The summed E-state index contributed by atoms with van der Waals surface area (Å²) in [6, 6.07) is 8.45. The van der Waals surface area contributed by atoms with Gasteiger partial charge in [0, 0.05) is 12.1 Å². The van der Waals surface area contributed by atoms with Crippen LogP contribution in [0.15, 0.2) is 41.7 Å². The van der Waals surface area contributed by atoms with Crippen molar-refractivity contribution in [3.63, 3.8) is 0 Å². The van der Waals surface area contributed by atoms with E-state index in [2.05, 4.69) is 13.5 Å². The summed E-state index contributed by atoms with van der Waals surface area (Å²) in [5, 5.41) is 19.9. The van der Waals surface area contributed by atoms with Gasteiger partial charge in [0.25, 0.3) is 5.56 Å². The van der Waals surface area contributed by atoms with Crippen LogP contribution in [0, 0.1) is 18.3 Å². The van der Waals surface area contributed by atoms with Gasteiger partial charge in [-0.2, -0.15) is 5.26 Å². The number of ketones is 1. The van der Waals surface area contributed by atoms with Gasteiger partial charge >= 0.3 is 0 Å². The molecule has 0 saturated heterocycles. The molecule has 0 aliphatic carbocycles. The van der Waals surface area contributed by atoms with E-state index in [0.717, 1.165) is 23.8 Å². The molecule has 0 radical (unpaired) electrons. The Morgan fingerprint density at radius 3 is 2.55 bits per heavy atom. The predicted octanol–water partition coefficient (Wildman–Crippen LogP) is 4.11. The van der Waals surface area contributed by atoms with Gasteiger partial charge in [-0.25, -0.2) is 0 Å². The van der Waals surface area contributed by atoms with Gasteiger partial charge in [-0.1, -0.05) is 32.3 Å². The fourth-order valence-corrected chi connectivity index (χ4v) is 3.09. The molecule has 2 rings (SSSR count). The Morgan fingerprint density at radius 1 is 1.28 bits per heavy atom. The number of nitrogens with zero attached hydrogens (tertiary/aromatic N) is 2. The maximum Gasteiger partial charge on any atom is 0.271 e. The second-order valence-electron chi connectivity index (χ2n) is 6.78. The summed E-state index contributed by atoms with van der Waals surface area (Å²) in [7, 11) is 0. The van der Waals surface area contributed by atoms with E-state index in [0.29, 0.717) is 17.9 Å². The Balaban J connectivity index is 2.30. The zero-order valence-electron chi connectivity index (χ0n) is 16.9. The van der Waals surface area contributed by atoms with Crippen LogP contribution >= 0.6 is 0 Å². The molecule has 152 valence electrons. The monoisotopic (exact) mass is 394 g/mol. The molecule has 1 aromatic carbocycles. The number of pyridine rings is 1. The number of hydrogen-bond donors (Lipinski definition) is 1. The third kappa shape index (κ3) is 4.94. The maximum absolute atomic E-state index is 13.0. The molecule has 0 aliphatic heterocycles. The molecule has 0 spiro atoms. The number of hydrogen-bond acceptors (Lipinski definition) is 5. The van der Waals surface area contributed by atoms with Crippen LogP contribution in [0.4, 0.5) is 0 Å². The summed E-state index contributed by atoms with van der Waals surface area (Å²) >= 11 is 0. The molecule has 0 aliphatic rings. The van der Waals surface area contributed by atoms with Crippen LogP contribution in [0.5, 0.6) is 11.6 Å². The lowest BCUT2D eigenvalue weighted by Gasteiger charge is -2.14. The first-order valence-corrected chi connectivity index (χ1v) is 9.71. The summed E-state index contributed by atoms with van der Waals surface area (Å²) < 4.78 is 6.66. The molecule has 2 aromatic rings. The normalized spacial score (nSPS) is 10.4. The van der Waals surface area contributed by atoms with E-state index in [9.17, 15) is 20.0 Å². The van der Waals surface area contributed by atoms with E-state index in [-0.39, 0.29) is 23.2 Å². The molecule has 1 aromatic heterocycles. The molecular weight excluding hydrogens is 368 g/mol. The summed E-state index contributed by atoms with van der Waals surface area (Å²) in [6.07, 6.45) is 5.85. The lowest BCUT2D eigenvalue weighted by Crippen LogP contribution is -2.26. The van der Waals surface area contributed by atoms with E-state index in [1.807, 2.05) is 6.07 Å². The number of rotatable bonds is 10. The largest absolute Gasteiger partial charge is 0.494 e.